The van der Waals surface area contributed by atoms with Gasteiger partial charge in [-0.05, 0) is 73.7 Å². The van der Waals surface area contributed by atoms with Crippen LogP contribution in [0.15, 0.2) is 82.6 Å². The number of benzene rings is 3. The normalized spacial score (nSPS) is 15.1. The number of halogens is 1. The predicted octanol–water partition coefficient (Wildman–Crippen LogP) is 5.89. The van der Waals surface area contributed by atoms with Crippen molar-refractivity contribution in [2.75, 3.05) is 24.7 Å². The first-order chi connectivity index (χ1) is 16.4. The topological polar surface area (TPSA) is 75.7 Å². The van der Waals surface area contributed by atoms with Crippen molar-refractivity contribution in [2.45, 2.75) is 22.6 Å². The van der Waals surface area contributed by atoms with Gasteiger partial charge in [0.15, 0.2) is 5.75 Å². The quantitative estimate of drug-likeness (QED) is 0.396. The van der Waals surface area contributed by atoms with Crippen molar-refractivity contribution in [3.63, 3.8) is 0 Å². The van der Waals surface area contributed by atoms with Crippen LogP contribution in [0.3, 0.4) is 0 Å². The number of para-hydroxylation sites is 1. The lowest BCUT2D eigenvalue weighted by atomic mass is 9.97. The van der Waals surface area contributed by atoms with Gasteiger partial charge in [0, 0.05) is 28.9 Å². The number of piperidine rings is 1. The van der Waals surface area contributed by atoms with Gasteiger partial charge in [0.2, 0.25) is 15.9 Å². The highest BCUT2D eigenvalue weighted by molar-refractivity contribution is 7.98. The second-order valence-electron chi connectivity index (χ2n) is 7.90. The number of anilines is 1. The lowest BCUT2D eigenvalue weighted by molar-refractivity contribution is -0.120. The Hall–Kier alpha value is -2.52. The molecule has 1 fully saturated rings. The zero-order valence-electron chi connectivity index (χ0n) is 18.6. The number of ether oxygens (including phenoxy) is 1. The number of carbonyl (C=O) groups is 1. The number of rotatable bonds is 7. The monoisotopic (exact) mass is 516 g/mol. The van der Waals surface area contributed by atoms with E-state index in [0.717, 1.165) is 4.90 Å². The van der Waals surface area contributed by atoms with Crippen molar-refractivity contribution in [1.29, 1.82) is 0 Å². The molecule has 0 unspecified atom stereocenters. The van der Waals surface area contributed by atoms with Crippen LogP contribution < -0.4 is 10.1 Å². The Morgan fingerprint density at radius 3 is 2.35 bits per heavy atom. The van der Waals surface area contributed by atoms with Crippen LogP contribution in [0.2, 0.25) is 5.02 Å². The molecular weight excluding hydrogens is 492 g/mol. The van der Waals surface area contributed by atoms with E-state index in [9.17, 15) is 13.2 Å². The number of hydrogen-bond donors (Lipinski definition) is 1. The first kappa shape index (κ1) is 24.6. The maximum atomic E-state index is 13.0. The van der Waals surface area contributed by atoms with E-state index < -0.39 is 10.0 Å². The Morgan fingerprint density at radius 2 is 1.71 bits per heavy atom. The minimum Gasteiger partial charge on any atom is -0.455 e. The zero-order chi connectivity index (χ0) is 24.1. The lowest BCUT2D eigenvalue weighted by Gasteiger charge is -2.30. The molecule has 1 heterocycles. The summed E-state index contributed by atoms with van der Waals surface area (Å²) in [6.45, 7) is 0.571. The molecule has 178 valence electrons. The van der Waals surface area contributed by atoms with Crippen molar-refractivity contribution in [1.82, 2.24) is 4.31 Å². The van der Waals surface area contributed by atoms with Gasteiger partial charge in [-0.3, -0.25) is 4.79 Å². The fourth-order valence-electron chi connectivity index (χ4n) is 3.79. The maximum absolute atomic E-state index is 13.0. The molecule has 1 saturated heterocycles. The van der Waals surface area contributed by atoms with Crippen LogP contribution in [0.5, 0.6) is 11.5 Å². The molecule has 3 aromatic rings. The fraction of sp³-hybridized carbons (Fsp3) is 0.240. The molecule has 0 bridgehead atoms. The van der Waals surface area contributed by atoms with Gasteiger partial charge in [-0.15, -0.1) is 11.8 Å². The van der Waals surface area contributed by atoms with E-state index in [0.29, 0.717) is 35.1 Å². The first-order valence-corrected chi connectivity index (χ1v) is 13.9. The molecule has 0 saturated carbocycles. The lowest BCUT2D eigenvalue weighted by Crippen LogP contribution is -2.41. The van der Waals surface area contributed by atoms with E-state index in [1.54, 1.807) is 54.2 Å². The molecule has 34 heavy (non-hydrogen) atoms. The van der Waals surface area contributed by atoms with Gasteiger partial charge in [-0.1, -0.05) is 29.8 Å². The Labute approximate surface area is 209 Å². The standard InChI is InChI=1S/C25H25ClN2O4S2/c1-33-21-8-10-22(11-9-21)34(30,31)28-15-13-18(14-16-28)25(29)27-23-17-19(26)7-12-24(23)32-20-5-3-2-4-6-20/h2-12,17-18H,13-16H2,1H3,(H,27,29). The third-order valence-corrected chi connectivity index (χ3v) is 8.58. The Kier molecular flexibility index (Phi) is 7.83. The molecule has 0 spiro atoms. The third kappa shape index (κ3) is 5.75. The number of amides is 1. The summed E-state index contributed by atoms with van der Waals surface area (Å²) in [4.78, 5) is 14.3. The molecule has 0 aromatic heterocycles. The maximum Gasteiger partial charge on any atom is 0.243 e. The van der Waals surface area contributed by atoms with Crippen LogP contribution in [0, 0.1) is 5.92 Å². The van der Waals surface area contributed by atoms with Crippen LogP contribution in [0.1, 0.15) is 12.8 Å². The van der Waals surface area contributed by atoms with Crippen LogP contribution >= 0.6 is 23.4 Å². The van der Waals surface area contributed by atoms with Gasteiger partial charge < -0.3 is 10.1 Å². The molecule has 0 radical (unpaired) electrons. The average Bonchev–Trinajstić information content (AvgIpc) is 2.86. The summed E-state index contributed by atoms with van der Waals surface area (Å²) in [5, 5.41) is 3.40. The van der Waals surface area contributed by atoms with Gasteiger partial charge >= 0.3 is 0 Å². The van der Waals surface area contributed by atoms with Crippen LogP contribution in [-0.4, -0.2) is 38.0 Å². The highest BCUT2D eigenvalue weighted by Crippen LogP contribution is 2.33. The third-order valence-electron chi connectivity index (χ3n) is 5.69. The molecule has 1 aliphatic heterocycles. The fourth-order valence-corrected chi connectivity index (χ4v) is 5.84. The molecule has 6 nitrogen and oxygen atoms in total. The van der Waals surface area contributed by atoms with Crippen molar-refractivity contribution in [3.8, 4) is 11.5 Å². The number of sulfonamides is 1. The Morgan fingerprint density at radius 1 is 1.03 bits per heavy atom. The van der Waals surface area contributed by atoms with E-state index in [1.807, 2.05) is 36.6 Å². The van der Waals surface area contributed by atoms with Gasteiger partial charge in [0.1, 0.15) is 5.75 Å². The molecule has 9 heteroatoms. The molecule has 3 aromatic carbocycles. The van der Waals surface area contributed by atoms with Crippen LogP contribution in [0.4, 0.5) is 5.69 Å². The number of nitrogens with one attached hydrogen (secondary N) is 1. The van der Waals surface area contributed by atoms with Gasteiger partial charge in [-0.25, -0.2) is 8.42 Å². The summed E-state index contributed by atoms with van der Waals surface area (Å²) in [6.07, 6.45) is 2.81. The molecule has 1 aliphatic rings. The molecule has 0 atom stereocenters. The number of nitrogens with zero attached hydrogens (tertiary/aromatic N) is 1. The summed E-state index contributed by atoms with van der Waals surface area (Å²) >= 11 is 7.71. The summed E-state index contributed by atoms with van der Waals surface area (Å²) in [6, 6.07) is 21.2. The summed E-state index contributed by atoms with van der Waals surface area (Å²) in [7, 11) is -3.59. The predicted molar refractivity (Wildman–Crippen MR) is 136 cm³/mol. The minimum absolute atomic E-state index is 0.179. The number of hydrogen-bond acceptors (Lipinski definition) is 5. The van der Waals surface area contributed by atoms with E-state index in [1.165, 1.54) is 4.31 Å². The minimum atomic E-state index is -3.59. The zero-order valence-corrected chi connectivity index (χ0v) is 21.0. The summed E-state index contributed by atoms with van der Waals surface area (Å²) in [5.74, 6) is 0.637. The van der Waals surface area contributed by atoms with Crippen molar-refractivity contribution < 1.29 is 17.9 Å². The number of thioether (sulfide) groups is 1. The second kappa shape index (κ2) is 10.8. The molecule has 0 aliphatic carbocycles. The average molecular weight is 517 g/mol. The van der Waals surface area contributed by atoms with Gasteiger partial charge in [0.25, 0.3) is 0 Å². The molecule has 4 rings (SSSR count). The number of carbonyl (C=O) groups excluding carboxylic acids is 1. The molecule has 1 amide bonds. The molecular formula is C25H25ClN2O4S2. The highest BCUT2D eigenvalue weighted by atomic mass is 35.5. The van der Waals surface area contributed by atoms with Crippen molar-refractivity contribution in [2.24, 2.45) is 5.92 Å². The van der Waals surface area contributed by atoms with Gasteiger partial charge in [-0.2, -0.15) is 4.31 Å². The first-order valence-electron chi connectivity index (χ1n) is 10.8. The van der Waals surface area contributed by atoms with Crippen molar-refractivity contribution >= 4 is 45.0 Å². The van der Waals surface area contributed by atoms with E-state index in [4.69, 9.17) is 16.3 Å². The highest BCUT2D eigenvalue weighted by Gasteiger charge is 2.32. The van der Waals surface area contributed by atoms with Crippen molar-refractivity contribution in [3.05, 3.63) is 77.8 Å². The Balaban J connectivity index is 1.41. The second-order valence-corrected chi connectivity index (χ2v) is 11.2. The SMILES string of the molecule is CSc1ccc(S(=O)(=O)N2CCC(C(=O)Nc3cc(Cl)ccc3Oc3ccccc3)CC2)cc1. The van der Waals surface area contributed by atoms with E-state index >= 15 is 0 Å². The summed E-state index contributed by atoms with van der Waals surface area (Å²) in [5.41, 5.74) is 0.477. The van der Waals surface area contributed by atoms with E-state index in [2.05, 4.69) is 5.32 Å². The smallest absolute Gasteiger partial charge is 0.243 e. The molecule has 1 N–H and O–H groups in total. The van der Waals surface area contributed by atoms with Crippen LogP contribution in [-0.2, 0) is 14.8 Å². The van der Waals surface area contributed by atoms with E-state index in [-0.39, 0.29) is 29.8 Å². The summed E-state index contributed by atoms with van der Waals surface area (Å²) < 4.78 is 33.4. The van der Waals surface area contributed by atoms with Crippen LogP contribution in [0.25, 0.3) is 0 Å². The largest absolute Gasteiger partial charge is 0.455 e. The Bertz CT molecular complexity index is 1240. The van der Waals surface area contributed by atoms with Gasteiger partial charge in [0.05, 0.1) is 10.6 Å².